The zero-order valence-electron chi connectivity index (χ0n) is 11.4. The Morgan fingerprint density at radius 2 is 2.22 bits per heavy atom. The monoisotopic (exact) mass is 247 g/mol. The number of likely N-dealkylation sites (tertiary alicyclic amines) is 1. The Morgan fingerprint density at radius 1 is 1.44 bits per heavy atom. The highest BCUT2D eigenvalue weighted by Gasteiger charge is 2.30. The van der Waals surface area contributed by atoms with E-state index in [0.717, 1.165) is 37.3 Å². The van der Waals surface area contributed by atoms with E-state index in [-0.39, 0.29) is 17.9 Å². The minimum atomic E-state index is 0.0496. The van der Waals surface area contributed by atoms with Crippen LogP contribution in [0.15, 0.2) is 12.3 Å². The molecule has 1 aliphatic heterocycles. The van der Waals surface area contributed by atoms with Crippen LogP contribution in [0.1, 0.15) is 50.7 Å². The van der Waals surface area contributed by atoms with Crippen LogP contribution in [0.25, 0.3) is 0 Å². The van der Waals surface area contributed by atoms with Gasteiger partial charge in [0.15, 0.2) is 0 Å². The van der Waals surface area contributed by atoms with E-state index in [1.807, 2.05) is 31.7 Å². The molecule has 0 aliphatic carbocycles. The summed E-state index contributed by atoms with van der Waals surface area (Å²) in [4.78, 5) is 22.9. The number of amides is 1. The average Bonchev–Trinajstić information content (AvgIpc) is 2.38. The maximum Gasteiger partial charge on any atom is 0.225 e. The van der Waals surface area contributed by atoms with Crippen LogP contribution in [0.5, 0.6) is 0 Å². The largest absolute Gasteiger partial charge is 0.334 e. The summed E-state index contributed by atoms with van der Waals surface area (Å²) >= 11 is 0. The first-order valence-corrected chi connectivity index (χ1v) is 6.69. The van der Waals surface area contributed by atoms with E-state index < -0.39 is 0 Å². The van der Waals surface area contributed by atoms with Gasteiger partial charge in [0.05, 0.1) is 11.7 Å². The maximum atomic E-state index is 12.2. The Hall–Kier alpha value is -1.45. The van der Waals surface area contributed by atoms with Crippen LogP contribution in [0.4, 0.5) is 0 Å². The van der Waals surface area contributed by atoms with Crippen LogP contribution in [-0.2, 0) is 4.79 Å². The Bertz CT molecular complexity index is 431. The van der Waals surface area contributed by atoms with E-state index >= 15 is 0 Å². The summed E-state index contributed by atoms with van der Waals surface area (Å²) in [7, 11) is 0. The van der Waals surface area contributed by atoms with Gasteiger partial charge in [0.2, 0.25) is 5.91 Å². The molecule has 98 valence electrons. The molecule has 4 heteroatoms. The fourth-order valence-electron chi connectivity index (χ4n) is 2.49. The molecule has 1 aromatic rings. The van der Waals surface area contributed by atoms with Gasteiger partial charge in [-0.2, -0.15) is 0 Å². The standard InChI is InChI=1S/C14H21N3O/c1-10(2)14(18)17-9-5-4-6-13(17)12-7-8-15-11(3)16-12/h7-8,10,13H,4-6,9H2,1-3H3. The van der Waals surface area contributed by atoms with Crippen LogP contribution in [-0.4, -0.2) is 27.3 Å². The topological polar surface area (TPSA) is 46.1 Å². The third kappa shape index (κ3) is 2.68. The molecule has 1 aromatic heterocycles. The second-order valence-electron chi connectivity index (χ2n) is 5.23. The molecule has 0 saturated carbocycles. The van der Waals surface area contributed by atoms with E-state index in [1.54, 1.807) is 6.20 Å². The van der Waals surface area contributed by atoms with Gasteiger partial charge in [-0.3, -0.25) is 4.79 Å². The summed E-state index contributed by atoms with van der Waals surface area (Å²) in [5.41, 5.74) is 0.983. The van der Waals surface area contributed by atoms with E-state index in [4.69, 9.17) is 0 Å². The normalized spacial score (nSPS) is 20.2. The summed E-state index contributed by atoms with van der Waals surface area (Å²) in [5.74, 6) is 1.06. The van der Waals surface area contributed by atoms with Crippen LogP contribution in [0.3, 0.4) is 0 Å². The Kier molecular flexibility index (Phi) is 3.94. The molecule has 0 spiro atoms. The van der Waals surface area contributed by atoms with E-state index in [2.05, 4.69) is 9.97 Å². The molecular formula is C14H21N3O. The first-order valence-electron chi connectivity index (χ1n) is 6.69. The molecule has 1 aliphatic rings. The molecule has 18 heavy (non-hydrogen) atoms. The number of aryl methyl sites for hydroxylation is 1. The van der Waals surface area contributed by atoms with Crippen molar-refractivity contribution in [1.82, 2.24) is 14.9 Å². The molecule has 1 saturated heterocycles. The van der Waals surface area contributed by atoms with Crippen molar-refractivity contribution in [1.29, 1.82) is 0 Å². The van der Waals surface area contributed by atoms with Crippen molar-refractivity contribution >= 4 is 5.91 Å². The van der Waals surface area contributed by atoms with Crippen molar-refractivity contribution in [3.63, 3.8) is 0 Å². The summed E-state index contributed by atoms with van der Waals surface area (Å²) < 4.78 is 0. The fraction of sp³-hybridized carbons (Fsp3) is 0.643. The molecule has 1 amide bonds. The summed E-state index contributed by atoms with van der Waals surface area (Å²) in [6.45, 7) is 6.66. The molecule has 0 aromatic carbocycles. The molecule has 2 rings (SSSR count). The number of nitrogens with zero attached hydrogens (tertiary/aromatic N) is 3. The SMILES string of the molecule is Cc1nccc(C2CCCCN2C(=O)C(C)C)n1. The summed E-state index contributed by atoms with van der Waals surface area (Å²) in [6, 6.07) is 2.07. The molecule has 1 atom stereocenters. The van der Waals surface area contributed by atoms with Crippen molar-refractivity contribution in [2.45, 2.75) is 46.1 Å². The van der Waals surface area contributed by atoms with Crippen LogP contribution < -0.4 is 0 Å². The van der Waals surface area contributed by atoms with Crippen LogP contribution in [0, 0.1) is 12.8 Å². The van der Waals surface area contributed by atoms with E-state index in [1.165, 1.54) is 0 Å². The number of carbonyl (C=O) groups excluding carboxylic acids is 1. The number of hydrogen-bond acceptors (Lipinski definition) is 3. The van der Waals surface area contributed by atoms with Crippen molar-refractivity contribution in [3.05, 3.63) is 23.8 Å². The average molecular weight is 247 g/mol. The molecule has 4 nitrogen and oxygen atoms in total. The van der Waals surface area contributed by atoms with Gasteiger partial charge in [-0.15, -0.1) is 0 Å². The summed E-state index contributed by atoms with van der Waals surface area (Å²) in [6.07, 6.45) is 5.05. The molecule has 0 N–H and O–H groups in total. The molecule has 2 heterocycles. The van der Waals surface area contributed by atoms with Gasteiger partial charge >= 0.3 is 0 Å². The third-order valence-corrected chi connectivity index (χ3v) is 3.42. The van der Waals surface area contributed by atoms with Gasteiger partial charge in [0.1, 0.15) is 5.82 Å². The third-order valence-electron chi connectivity index (χ3n) is 3.42. The maximum absolute atomic E-state index is 12.2. The molecule has 0 bridgehead atoms. The Labute approximate surface area is 108 Å². The minimum absolute atomic E-state index is 0.0496. The minimum Gasteiger partial charge on any atom is -0.334 e. The number of piperidine rings is 1. The van der Waals surface area contributed by atoms with Gasteiger partial charge in [-0.25, -0.2) is 9.97 Å². The van der Waals surface area contributed by atoms with Crippen molar-refractivity contribution in [2.24, 2.45) is 5.92 Å². The lowest BCUT2D eigenvalue weighted by Crippen LogP contribution is -2.41. The first kappa shape index (κ1) is 13.0. The number of hydrogen-bond donors (Lipinski definition) is 0. The van der Waals surface area contributed by atoms with Crippen LogP contribution in [0.2, 0.25) is 0 Å². The highest BCUT2D eigenvalue weighted by molar-refractivity contribution is 5.78. The predicted molar refractivity (Wildman–Crippen MR) is 69.9 cm³/mol. The van der Waals surface area contributed by atoms with Crippen LogP contribution >= 0.6 is 0 Å². The van der Waals surface area contributed by atoms with E-state index in [9.17, 15) is 4.79 Å². The number of rotatable bonds is 2. The van der Waals surface area contributed by atoms with Gasteiger partial charge < -0.3 is 4.90 Å². The lowest BCUT2D eigenvalue weighted by Gasteiger charge is -2.36. The second kappa shape index (κ2) is 5.46. The Balaban J connectivity index is 2.25. The van der Waals surface area contributed by atoms with Gasteiger partial charge in [0.25, 0.3) is 0 Å². The lowest BCUT2D eigenvalue weighted by molar-refractivity contribution is -0.138. The van der Waals surface area contributed by atoms with Gasteiger partial charge in [-0.05, 0) is 32.3 Å². The van der Waals surface area contributed by atoms with Crippen molar-refractivity contribution < 1.29 is 4.79 Å². The van der Waals surface area contributed by atoms with Crippen molar-refractivity contribution in [3.8, 4) is 0 Å². The molecular weight excluding hydrogens is 226 g/mol. The van der Waals surface area contributed by atoms with Crippen molar-refractivity contribution in [2.75, 3.05) is 6.54 Å². The highest BCUT2D eigenvalue weighted by atomic mass is 16.2. The zero-order chi connectivity index (χ0) is 13.1. The number of aromatic nitrogens is 2. The quantitative estimate of drug-likeness (QED) is 0.806. The van der Waals surface area contributed by atoms with Gasteiger partial charge in [-0.1, -0.05) is 13.8 Å². The summed E-state index contributed by atoms with van der Waals surface area (Å²) in [5, 5.41) is 0. The molecule has 1 unspecified atom stereocenters. The fourth-order valence-corrected chi connectivity index (χ4v) is 2.49. The molecule has 0 radical (unpaired) electrons. The smallest absolute Gasteiger partial charge is 0.225 e. The Morgan fingerprint density at radius 3 is 2.89 bits per heavy atom. The van der Waals surface area contributed by atoms with E-state index in [0.29, 0.717) is 0 Å². The predicted octanol–water partition coefficient (Wildman–Crippen LogP) is 2.49. The first-order chi connectivity index (χ1) is 8.59. The number of carbonyl (C=O) groups is 1. The second-order valence-corrected chi connectivity index (χ2v) is 5.23. The highest BCUT2D eigenvalue weighted by Crippen LogP contribution is 2.30. The molecule has 1 fully saturated rings. The van der Waals surface area contributed by atoms with Gasteiger partial charge in [0, 0.05) is 18.7 Å². The zero-order valence-corrected chi connectivity index (χ0v) is 11.4. The lowest BCUT2D eigenvalue weighted by atomic mass is 9.97.